The van der Waals surface area contributed by atoms with E-state index in [0.29, 0.717) is 6.42 Å². The Labute approximate surface area is 146 Å². The Morgan fingerprint density at radius 2 is 1.46 bits per heavy atom. The third-order valence-corrected chi connectivity index (χ3v) is 3.99. The Balaban J connectivity index is 2.08. The lowest BCUT2D eigenvalue weighted by atomic mass is 10.1. The molecule has 2 amide bonds. The van der Waals surface area contributed by atoms with Gasteiger partial charge in [0.2, 0.25) is 11.8 Å². The van der Waals surface area contributed by atoms with Gasteiger partial charge in [-0.25, -0.2) is 0 Å². The molecule has 2 N–H and O–H groups in total. The van der Waals surface area contributed by atoms with E-state index in [2.05, 4.69) is 17.6 Å². The molecule has 0 atom stereocenters. The summed E-state index contributed by atoms with van der Waals surface area (Å²) in [5, 5.41) is 5.70. The van der Waals surface area contributed by atoms with Crippen molar-refractivity contribution in [1.82, 2.24) is 5.32 Å². The number of hydrogen-bond acceptors (Lipinski definition) is 2. The molecule has 0 aromatic heterocycles. The van der Waals surface area contributed by atoms with Gasteiger partial charge < -0.3 is 10.6 Å². The number of anilines is 1. The standard InChI is InChI=1S/C20H32N2O2/c1-3-4-5-6-7-8-9-10-15-21-20(24)16-18-11-13-19(14-12-18)22-17(2)23/h11-14H,3-10,15-16H2,1-2H3,(H,21,24)(H,22,23). The fourth-order valence-corrected chi connectivity index (χ4v) is 2.64. The van der Waals surface area contributed by atoms with E-state index >= 15 is 0 Å². The van der Waals surface area contributed by atoms with E-state index in [1.807, 2.05) is 24.3 Å². The quantitative estimate of drug-likeness (QED) is 0.556. The van der Waals surface area contributed by atoms with Crippen LogP contribution in [-0.4, -0.2) is 18.4 Å². The highest BCUT2D eigenvalue weighted by atomic mass is 16.2. The number of unbranched alkanes of at least 4 members (excludes halogenated alkanes) is 7. The molecule has 0 saturated heterocycles. The lowest BCUT2D eigenvalue weighted by Crippen LogP contribution is -2.26. The Bertz CT molecular complexity index is 483. The van der Waals surface area contributed by atoms with Crippen LogP contribution in [0.2, 0.25) is 0 Å². The minimum Gasteiger partial charge on any atom is -0.356 e. The molecule has 0 heterocycles. The first kappa shape index (κ1) is 20.2. The summed E-state index contributed by atoms with van der Waals surface area (Å²) in [6.45, 7) is 4.48. The van der Waals surface area contributed by atoms with Crippen molar-refractivity contribution >= 4 is 17.5 Å². The smallest absolute Gasteiger partial charge is 0.224 e. The molecule has 0 bridgehead atoms. The van der Waals surface area contributed by atoms with Crippen molar-refractivity contribution in [2.45, 2.75) is 71.6 Å². The van der Waals surface area contributed by atoms with Crippen molar-refractivity contribution < 1.29 is 9.59 Å². The first-order valence-electron chi connectivity index (χ1n) is 9.25. The second-order valence-electron chi connectivity index (χ2n) is 6.38. The zero-order valence-corrected chi connectivity index (χ0v) is 15.2. The van der Waals surface area contributed by atoms with Crippen LogP contribution < -0.4 is 10.6 Å². The first-order chi connectivity index (χ1) is 11.6. The lowest BCUT2D eigenvalue weighted by molar-refractivity contribution is -0.120. The summed E-state index contributed by atoms with van der Waals surface area (Å²) in [6.07, 6.45) is 10.6. The van der Waals surface area contributed by atoms with Crippen molar-refractivity contribution in [3.63, 3.8) is 0 Å². The molecule has 1 aromatic carbocycles. The number of benzene rings is 1. The van der Waals surface area contributed by atoms with Crippen LogP contribution in [-0.2, 0) is 16.0 Å². The SMILES string of the molecule is CCCCCCCCCCNC(=O)Cc1ccc(NC(C)=O)cc1. The molecular weight excluding hydrogens is 300 g/mol. The Morgan fingerprint density at radius 1 is 0.875 bits per heavy atom. The largest absolute Gasteiger partial charge is 0.356 e. The van der Waals surface area contributed by atoms with E-state index < -0.39 is 0 Å². The summed E-state index contributed by atoms with van der Waals surface area (Å²) in [6, 6.07) is 7.40. The highest BCUT2D eigenvalue weighted by Crippen LogP contribution is 2.10. The summed E-state index contributed by atoms with van der Waals surface area (Å²) in [5.41, 5.74) is 1.71. The van der Waals surface area contributed by atoms with Crippen LogP contribution in [0.25, 0.3) is 0 Å². The van der Waals surface area contributed by atoms with Crippen LogP contribution >= 0.6 is 0 Å². The van der Waals surface area contributed by atoms with Crippen molar-refractivity contribution in [2.24, 2.45) is 0 Å². The zero-order chi connectivity index (χ0) is 17.6. The third kappa shape index (κ3) is 10.0. The number of hydrogen-bond donors (Lipinski definition) is 2. The van der Waals surface area contributed by atoms with Gasteiger partial charge in [0, 0.05) is 19.2 Å². The highest BCUT2D eigenvalue weighted by molar-refractivity contribution is 5.88. The number of carbonyl (C=O) groups is 2. The molecular formula is C20H32N2O2. The zero-order valence-electron chi connectivity index (χ0n) is 15.2. The van der Waals surface area contributed by atoms with Crippen LogP contribution in [0.3, 0.4) is 0 Å². The summed E-state index contributed by atoms with van der Waals surface area (Å²) >= 11 is 0. The average molecular weight is 332 g/mol. The molecule has 0 radical (unpaired) electrons. The molecule has 134 valence electrons. The maximum Gasteiger partial charge on any atom is 0.224 e. The molecule has 0 saturated carbocycles. The molecule has 0 aliphatic heterocycles. The van der Waals surface area contributed by atoms with E-state index in [-0.39, 0.29) is 11.8 Å². The van der Waals surface area contributed by atoms with Gasteiger partial charge >= 0.3 is 0 Å². The van der Waals surface area contributed by atoms with E-state index in [4.69, 9.17) is 0 Å². The monoisotopic (exact) mass is 332 g/mol. The minimum atomic E-state index is -0.0918. The lowest BCUT2D eigenvalue weighted by Gasteiger charge is -2.07. The average Bonchev–Trinajstić information content (AvgIpc) is 2.55. The molecule has 0 aliphatic rings. The van der Waals surface area contributed by atoms with E-state index in [9.17, 15) is 9.59 Å². The maximum atomic E-state index is 11.9. The molecule has 24 heavy (non-hydrogen) atoms. The van der Waals surface area contributed by atoms with E-state index in [0.717, 1.165) is 24.2 Å². The topological polar surface area (TPSA) is 58.2 Å². The Hall–Kier alpha value is -1.84. The Morgan fingerprint density at radius 3 is 2.04 bits per heavy atom. The van der Waals surface area contributed by atoms with Crippen molar-refractivity contribution in [1.29, 1.82) is 0 Å². The van der Waals surface area contributed by atoms with Gasteiger partial charge in [-0.05, 0) is 24.1 Å². The van der Waals surface area contributed by atoms with Crippen molar-refractivity contribution in [2.75, 3.05) is 11.9 Å². The molecule has 0 aliphatic carbocycles. The molecule has 1 rings (SSSR count). The summed E-state index contributed by atoms with van der Waals surface area (Å²) in [4.78, 5) is 22.9. The summed E-state index contributed by atoms with van der Waals surface area (Å²) < 4.78 is 0. The number of amides is 2. The van der Waals surface area contributed by atoms with Crippen LogP contribution in [0.15, 0.2) is 24.3 Å². The predicted octanol–water partition coefficient (Wildman–Crippen LogP) is 4.44. The molecule has 0 unspecified atom stereocenters. The van der Waals surface area contributed by atoms with Crippen LogP contribution in [0.4, 0.5) is 5.69 Å². The first-order valence-corrected chi connectivity index (χ1v) is 9.25. The second kappa shape index (κ2) is 12.6. The minimum absolute atomic E-state index is 0.0604. The maximum absolute atomic E-state index is 11.9. The van der Waals surface area contributed by atoms with Gasteiger partial charge in [-0.15, -0.1) is 0 Å². The number of rotatable bonds is 12. The number of carbonyl (C=O) groups excluding carboxylic acids is 2. The van der Waals surface area contributed by atoms with E-state index in [1.165, 1.54) is 51.9 Å². The number of nitrogens with one attached hydrogen (secondary N) is 2. The van der Waals surface area contributed by atoms with Crippen molar-refractivity contribution in [3.05, 3.63) is 29.8 Å². The molecule has 4 heteroatoms. The second-order valence-corrected chi connectivity index (χ2v) is 6.38. The molecule has 0 spiro atoms. The third-order valence-electron chi connectivity index (χ3n) is 3.99. The summed E-state index contributed by atoms with van der Waals surface area (Å²) in [5.74, 6) is -0.0314. The highest BCUT2D eigenvalue weighted by Gasteiger charge is 2.03. The van der Waals surface area contributed by atoms with Crippen LogP contribution in [0.5, 0.6) is 0 Å². The van der Waals surface area contributed by atoms with Gasteiger partial charge in [-0.2, -0.15) is 0 Å². The fraction of sp³-hybridized carbons (Fsp3) is 0.600. The van der Waals surface area contributed by atoms with Crippen molar-refractivity contribution in [3.8, 4) is 0 Å². The van der Waals surface area contributed by atoms with Gasteiger partial charge in [0.05, 0.1) is 6.42 Å². The van der Waals surface area contributed by atoms with Gasteiger partial charge in [0.25, 0.3) is 0 Å². The normalized spacial score (nSPS) is 10.4. The fourth-order valence-electron chi connectivity index (χ4n) is 2.64. The summed E-state index contributed by atoms with van der Waals surface area (Å²) in [7, 11) is 0. The van der Waals surface area contributed by atoms with Crippen LogP contribution in [0, 0.1) is 0 Å². The van der Waals surface area contributed by atoms with E-state index in [1.54, 1.807) is 0 Å². The van der Waals surface area contributed by atoms with Gasteiger partial charge in [-0.1, -0.05) is 64.0 Å². The molecule has 0 fully saturated rings. The molecule has 1 aromatic rings. The van der Waals surface area contributed by atoms with Crippen LogP contribution in [0.1, 0.15) is 70.8 Å². The Kier molecular flexibility index (Phi) is 10.6. The van der Waals surface area contributed by atoms with Gasteiger partial charge in [-0.3, -0.25) is 9.59 Å². The van der Waals surface area contributed by atoms with Gasteiger partial charge in [0.1, 0.15) is 0 Å². The predicted molar refractivity (Wildman–Crippen MR) is 100 cm³/mol. The molecule has 4 nitrogen and oxygen atoms in total. The van der Waals surface area contributed by atoms with Gasteiger partial charge in [0.15, 0.2) is 0 Å².